The molecule has 2 aromatic heterocycles. The standard InChI is InChI=1S/C106H104B2N4O2/c1-100(2,3)65-35-43-72(44-36-65)109-89-62-90-84(61-83(89)107-81-45-37-70(105(16,17)18)55-93(81)113-95-59-73(57-91(109)97(95)107)110-85-47-39-66(101(4,5)6)51-77(85)78-52-67(102(7,8)9)40-48-86(78)110)108-82-46-38-71(106(19,20)21)56-94(82)114-96-60-74(111-87-49-41-68(103(10,11)12)53-79(87)80-54-69(104(13,14)15)42-50-88(80)111)58-92(98(96)108)112(90)99-75(63-29-24-22-25-30-63)33-28-34-76(99)64-31-26-23-27-32-64/h22-62H,1-21H3. The maximum Gasteiger partial charge on any atom is 0.256 e. The van der Waals surface area contributed by atoms with Crippen molar-refractivity contribution in [1.29, 1.82) is 0 Å². The van der Waals surface area contributed by atoms with Gasteiger partial charge >= 0.3 is 0 Å². The van der Waals surface area contributed by atoms with E-state index in [9.17, 15) is 0 Å². The molecule has 566 valence electrons. The van der Waals surface area contributed by atoms with Gasteiger partial charge in [0.2, 0.25) is 0 Å². The molecule has 6 heterocycles. The Morgan fingerprint density at radius 2 is 0.561 bits per heavy atom. The molecule has 0 amide bonds. The predicted molar refractivity (Wildman–Crippen MR) is 489 cm³/mol. The van der Waals surface area contributed by atoms with E-state index in [-0.39, 0.29) is 51.3 Å². The van der Waals surface area contributed by atoms with Gasteiger partial charge in [-0.05, 0) is 212 Å². The zero-order valence-electron chi connectivity index (χ0n) is 70.4. The molecule has 13 aromatic carbocycles. The minimum absolute atomic E-state index is 0.0726. The van der Waals surface area contributed by atoms with Crippen molar-refractivity contribution < 1.29 is 9.47 Å². The molecule has 15 aromatic rings. The van der Waals surface area contributed by atoms with Gasteiger partial charge in [0.05, 0.1) is 39.1 Å². The number of ether oxygens (including phenoxy) is 2. The van der Waals surface area contributed by atoms with Gasteiger partial charge in [-0.2, -0.15) is 0 Å². The topological polar surface area (TPSA) is 34.8 Å². The van der Waals surface area contributed by atoms with Crippen molar-refractivity contribution in [2.24, 2.45) is 0 Å². The van der Waals surface area contributed by atoms with Crippen molar-refractivity contribution in [2.45, 2.75) is 183 Å². The van der Waals surface area contributed by atoms with E-state index in [4.69, 9.17) is 9.47 Å². The molecule has 0 saturated carbocycles. The molecule has 4 aliphatic rings. The smallest absolute Gasteiger partial charge is 0.256 e. The van der Waals surface area contributed by atoms with Crippen LogP contribution in [-0.4, -0.2) is 22.6 Å². The van der Waals surface area contributed by atoms with E-state index in [0.29, 0.717) is 0 Å². The molecule has 4 aliphatic heterocycles. The Labute approximate surface area is 675 Å². The molecule has 0 atom stereocenters. The summed E-state index contributed by atoms with van der Waals surface area (Å²) in [6.07, 6.45) is 0. The average Bonchev–Trinajstić information content (AvgIpc) is 0.717. The Morgan fingerprint density at radius 1 is 0.237 bits per heavy atom. The molecule has 0 bridgehead atoms. The molecule has 0 N–H and O–H groups in total. The Morgan fingerprint density at radius 3 is 0.921 bits per heavy atom. The fraction of sp³-hybridized carbons (Fsp3) is 0.264. The van der Waals surface area contributed by atoms with Gasteiger partial charge in [0, 0.05) is 73.2 Å². The van der Waals surface area contributed by atoms with E-state index < -0.39 is 0 Å². The van der Waals surface area contributed by atoms with Crippen molar-refractivity contribution in [2.75, 3.05) is 9.80 Å². The third kappa shape index (κ3) is 11.7. The zero-order valence-corrected chi connectivity index (χ0v) is 70.4. The van der Waals surface area contributed by atoms with E-state index in [0.717, 1.165) is 135 Å². The van der Waals surface area contributed by atoms with Crippen molar-refractivity contribution in [3.05, 3.63) is 288 Å². The van der Waals surface area contributed by atoms with Gasteiger partial charge in [0.25, 0.3) is 13.4 Å². The number of nitrogens with zero attached hydrogens (tertiary/aromatic N) is 4. The van der Waals surface area contributed by atoms with Crippen LogP contribution in [0.15, 0.2) is 249 Å². The van der Waals surface area contributed by atoms with Crippen LogP contribution in [0.3, 0.4) is 0 Å². The van der Waals surface area contributed by atoms with Gasteiger partial charge < -0.3 is 28.4 Å². The van der Waals surface area contributed by atoms with Crippen LogP contribution < -0.4 is 52.1 Å². The van der Waals surface area contributed by atoms with Crippen LogP contribution in [-0.2, 0) is 37.9 Å². The molecule has 6 nitrogen and oxygen atoms in total. The highest BCUT2D eigenvalue weighted by atomic mass is 16.5. The van der Waals surface area contributed by atoms with E-state index >= 15 is 0 Å². The molecule has 0 radical (unpaired) electrons. The second-order valence-electron chi connectivity index (χ2n) is 40.3. The highest BCUT2D eigenvalue weighted by molar-refractivity contribution is 7.02. The van der Waals surface area contributed by atoms with Crippen LogP contribution in [0.4, 0.5) is 34.1 Å². The van der Waals surface area contributed by atoms with E-state index in [1.54, 1.807) is 0 Å². The van der Waals surface area contributed by atoms with Crippen molar-refractivity contribution in [1.82, 2.24) is 9.13 Å². The number of anilines is 6. The van der Waals surface area contributed by atoms with Crippen LogP contribution in [0.1, 0.15) is 184 Å². The lowest BCUT2D eigenvalue weighted by atomic mass is 9.30. The van der Waals surface area contributed by atoms with Crippen LogP contribution in [0, 0.1) is 0 Å². The minimum atomic E-state index is -0.289. The second-order valence-corrected chi connectivity index (χ2v) is 40.3. The summed E-state index contributed by atoms with van der Waals surface area (Å²) < 4.78 is 20.7. The Bertz CT molecular complexity index is 6320. The Hall–Kier alpha value is -11.2. The summed E-state index contributed by atoms with van der Waals surface area (Å²) >= 11 is 0. The van der Waals surface area contributed by atoms with Gasteiger partial charge in [0.15, 0.2) is 0 Å². The van der Waals surface area contributed by atoms with Gasteiger partial charge in [-0.15, -0.1) is 0 Å². The SMILES string of the molecule is CC(C)(C)c1ccc(N2c3cc4c(cc3B3c5ccc(C(C)(C)C)cc5Oc5cc(-n6c7ccc(C(C)(C)C)cc7c7cc(C(C)(C)C)ccc76)cc2c53)B2c3ccc(C(C)(C)C)cc3Oc3cc(-n5c6ccc(C(C)(C)C)cc6c6cc(C(C)(C)C)ccc65)cc(c32)N4c2c(-c3ccccc3)cccc2-c2ccccc2)cc1. The monoisotopic (exact) mass is 1490 g/mol. The number of hydrogen-bond donors (Lipinski definition) is 0. The highest BCUT2D eigenvalue weighted by Crippen LogP contribution is 2.54. The van der Waals surface area contributed by atoms with Crippen molar-refractivity contribution in [3.63, 3.8) is 0 Å². The number of benzene rings is 13. The lowest BCUT2D eigenvalue weighted by Crippen LogP contribution is -2.64. The van der Waals surface area contributed by atoms with Gasteiger partial charge in [-0.1, -0.05) is 291 Å². The third-order valence-corrected chi connectivity index (χ3v) is 25.3. The number of hydrogen-bond acceptors (Lipinski definition) is 4. The van der Waals surface area contributed by atoms with Crippen LogP contribution in [0.2, 0.25) is 0 Å². The number of aromatic nitrogens is 2. The summed E-state index contributed by atoms with van der Waals surface area (Å²) in [4.78, 5) is 5.30. The predicted octanol–water partition coefficient (Wildman–Crippen LogP) is 25.1. The normalized spacial score (nSPS) is 14.1. The summed E-state index contributed by atoms with van der Waals surface area (Å²) in [6.45, 7) is 48.2. The van der Waals surface area contributed by atoms with E-state index in [1.165, 1.54) is 71.4 Å². The molecule has 0 spiro atoms. The summed E-state index contributed by atoms with van der Waals surface area (Å²) in [6, 6.07) is 96.7. The molecule has 19 rings (SSSR count). The third-order valence-electron chi connectivity index (χ3n) is 25.3. The maximum absolute atomic E-state index is 7.87. The number of rotatable bonds is 6. The lowest BCUT2D eigenvalue weighted by molar-refractivity contribution is 0.483. The first kappa shape index (κ1) is 73.0. The van der Waals surface area contributed by atoms with Crippen LogP contribution in [0.5, 0.6) is 23.0 Å². The maximum atomic E-state index is 7.87. The molecule has 8 heteroatoms. The fourth-order valence-electron chi connectivity index (χ4n) is 18.7. The molecular weight excluding hydrogens is 1380 g/mol. The minimum Gasteiger partial charge on any atom is -0.458 e. The highest BCUT2D eigenvalue weighted by Gasteiger charge is 2.49. The quantitative estimate of drug-likeness (QED) is 0.155. The Kier molecular flexibility index (Phi) is 16.1. The molecule has 0 unspecified atom stereocenters. The van der Waals surface area contributed by atoms with Crippen LogP contribution in [0.25, 0.3) is 77.2 Å². The Balaban J connectivity index is 0.973. The fourth-order valence-corrected chi connectivity index (χ4v) is 18.7. The summed E-state index contributed by atoms with van der Waals surface area (Å²) in [5.41, 5.74) is 32.7. The lowest BCUT2D eigenvalue weighted by Gasteiger charge is -2.45. The molecule has 0 aliphatic carbocycles. The first-order valence-electron chi connectivity index (χ1n) is 41.3. The first-order chi connectivity index (χ1) is 53.9. The van der Waals surface area contributed by atoms with Crippen LogP contribution >= 0.6 is 0 Å². The summed E-state index contributed by atoms with van der Waals surface area (Å²) in [5.74, 6) is 3.45. The number of para-hydroxylation sites is 1. The van der Waals surface area contributed by atoms with Gasteiger partial charge in [0.1, 0.15) is 23.0 Å². The molecule has 0 fully saturated rings. The number of fused-ring (bicyclic) bond motifs is 14. The average molecular weight is 1490 g/mol. The van der Waals surface area contributed by atoms with Gasteiger partial charge in [-0.3, -0.25) is 0 Å². The zero-order chi connectivity index (χ0) is 79.7. The van der Waals surface area contributed by atoms with E-state index in [1.807, 2.05) is 0 Å². The summed E-state index contributed by atoms with van der Waals surface area (Å²) in [5, 5.41) is 4.95. The molecule has 0 saturated heterocycles. The van der Waals surface area contributed by atoms with Crippen molar-refractivity contribution >= 4 is 124 Å². The van der Waals surface area contributed by atoms with Crippen molar-refractivity contribution in [3.8, 4) is 56.6 Å². The van der Waals surface area contributed by atoms with E-state index in [2.05, 4.69) is 413 Å². The largest absolute Gasteiger partial charge is 0.458 e. The molecule has 114 heavy (non-hydrogen) atoms. The first-order valence-corrected chi connectivity index (χ1v) is 41.3. The molecular formula is C106H104B2N4O2. The summed E-state index contributed by atoms with van der Waals surface area (Å²) in [7, 11) is 0. The second kappa shape index (κ2) is 25.1. The van der Waals surface area contributed by atoms with Gasteiger partial charge in [-0.25, -0.2) is 0 Å².